The van der Waals surface area contributed by atoms with Crippen LogP contribution in [-0.2, 0) is 9.59 Å². The van der Waals surface area contributed by atoms with Crippen LogP contribution in [0, 0.1) is 11.2 Å². The van der Waals surface area contributed by atoms with Crippen molar-refractivity contribution in [2.45, 2.75) is 25.7 Å². The van der Waals surface area contributed by atoms with Gasteiger partial charge in [0.2, 0.25) is 11.8 Å². The van der Waals surface area contributed by atoms with Gasteiger partial charge in [0.05, 0.1) is 5.52 Å². The topological polar surface area (TPSA) is 96.5 Å². The highest BCUT2D eigenvalue weighted by molar-refractivity contribution is 6.16. The van der Waals surface area contributed by atoms with Gasteiger partial charge in [-0.05, 0) is 110 Å². The third-order valence-electron chi connectivity index (χ3n) is 8.28. The fourth-order valence-corrected chi connectivity index (χ4v) is 5.53. The Morgan fingerprint density at radius 2 is 1.42 bits per heavy atom. The van der Waals surface area contributed by atoms with Crippen LogP contribution in [0.2, 0.25) is 0 Å². The molecule has 0 atom stereocenters. The predicted molar refractivity (Wildman–Crippen MR) is 176 cm³/mol. The Hall–Kier alpha value is -5.02. The average Bonchev–Trinajstić information content (AvgIpc) is 3.69. The summed E-state index contributed by atoms with van der Waals surface area (Å²) < 4.78 is 19.4. The second-order valence-electron chi connectivity index (χ2n) is 11.3. The molecule has 0 spiro atoms. The second kappa shape index (κ2) is 12.5. The van der Waals surface area contributed by atoms with E-state index in [1.165, 1.54) is 37.1 Å². The SMILES string of the molecule is Cl.O=C(Nc1ccc(F)cc1)C1(C(=O)Nc2ccc(Oc3ccnc4cc(-c5ccc(N6CCCC6)nc5)ccc34)cc2)CC1. The van der Waals surface area contributed by atoms with Gasteiger partial charge in [0, 0.05) is 47.8 Å². The molecule has 2 N–H and O–H groups in total. The molecule has 1 aliphatic heterocycles. The van der Waals surface area contributed by atoms with Crippen molar-refractivity contribution >= 4 is 52.3 Å². The van der Waals surface area contributed by atoms with E-state index in [0.29, 0.717) is 35.7 Å². The first kappa shape index (κ1) is 30.0. The van der Waals surface area contributed by atoms with Gasteiger partial charge >= 0.3 is 0 Å². The van der Waals surface area contributed by atoms with Gasteiger partial charge in [-0.15, -0.1) is 12.4 Å². The van der Waals surface area contributed by atoms with Crippen LogP contribution in [0.5, 0.6) is 11.5 Å². The van der Waals surface area contributed by atoms with Crippen LogP contribution < -0.4 is 20.3 Å². The molecule has 5 aromatic rings. The number of carbonyl (C=O) groups is 2. The standard InChI is InChI=1S/C35H30FN5O3.ClH/c36-25-5-7-26(8-6-25)39-33(42)35(16-17-35)34(43)40-27-9-11-28(12-10-27)44-31-15-18-37-30-21-23(3-13-29(30)31)24-4-14-32(38-22-24)41-19-1-2-20-41;/h3-15,18,21-22H,1-2,16-17,19-20H2,(H,39,42)(H,40,43);1H. The zero-order chi connectivity index (χ0) is 30.1. The van der Waals surface area contributed by atoms with Crippen molar-refractivity contribution in [1.82, 2.24) is 9.97 Å². The van der Waals surface area contributed by atoms with Gasteiger partial charge in [-0.1, -0.05) is 6.07 Å². The minimum Gasteiger partial charge on any atom is -0.457 e. The van der Waals surface area contributed by atoms with E-state index < -0.39 is 17.1 Å². The number of fused-ring (bicyclic) bond motifs is 1. The van der Waals surface area contributed by atoms with Crippen LogP contribution in [0.3, 0.4) is 0 Å². The Labute approximate surface area is 266 Å². The largest absolute Gasteiger partial charge is 0.457 e. The first-order valence-electron chi connectivity index (χ1n) is 14.7. The van der Waals surface area contributed by atoms with Crippen molar-refractivity contribution in [3.05, 3.63) is 103 Å². The lowest BCUT2D eigenvalue weighted by atomic mass is 10.0. The maximum Gasteiger partial charge on any atom is 0.240 e. The Balaban J connectivity index is 0.00000357. The maximum absolute atomic E-state index is 13.2. The Morgan fingerprint density at radius 1 is 0.778 bits per heavy atom. The molecule has 2 aromatic heterocycles. The van der Waals surface area contributed by atoms with Crippen LogP contribution in [0.15, 0.2) is 97.3 Å². The van der Waals surface area contributed by atoms with Gasteiger partial charge in [-0.3, -0.25) is 14.6 Å². The van der Waals surface area contributed by atoms with Crippen molar-refractivity contribution in [3.63, 3.8) is 0 Å². The summed E-state index contributed by atoms with van der Waals surface area (Å²) >= 11 is 0. The van der Waals surface area contributed by atoms with Crippen LogP contribution in [0.4, 0.5) is 21.6 Å². The zero-order valence-electron chi connectivity index (χ0n) is 24.3. The van der Waals surface area contributed by atoms with E-state index in [-0.39, 0.29) is 18.3 Å². The molecular weight excluding hydrogens is 593 g/mol. The molecule has 2 amide bonds. The zero-order valence-corrected chi connectivity index (χ0v) is 25.1. The molecule has 1 saturated heterocycles. The summed E-state index contributed by atoms with van der Waals surface area (Å²) in [7, 11) is 0. The molecule has 3 heterocycles. The molecule has 45 heavy (non-hydrogen) atoms. The number of hydrogen-bond acceptors (Lipinski definition) is 6. The van der Waals surface area contributed by atoms with Gasteiger partial charge in [0.25, 0.3) is 0 Å². The molecule has 10 heteroatoms. The minimum atomic E-state index is -1.13. The van der Waals surface area contributed by atoms with Gasteiger partial charge < -0.3 is 20.3 Å². The van der Waals surface area contributed by atoms with E-state index in [4.69, 9.17) is 4.74 Å². The van der Waals surface area contributed by atoms with E-state index in [9.17, 15) is 14.0 Å². The van der Waals surface area contributed by atoms with Gasteiger partial charge in [-0.25, -0.2) is 9.37 Å². The predicted octanol–water partition coefficient (Wildman–Crippen LogP) is 7.61. The van der Waals surface area contributed by atoms with Gasteiger partial charge in [0.15, 0.2) is 0 Å². The Bertz CT molecular complexity index is 1840. The van der Waals surface area contributed by atoms with E-state index in [1.54, 1.807) is 30.5 Å². The summed E-state index contributed by atoms with van der Waals surface area (Å²) in [6, 6.07) is 24.6. The number of rotatable bonds is 8. The van der Waals surface area contributed by atoms with Crippen LogP contribution in [0.1, 0.15) is 25.7 Å². The molecule has 1 saturated carbocycles. The quantitative estimate of drug-likeness (QED) is 0.173. The number of hydrogen-bond donors (Lipinski definition) is 2. The lowest BCUT2D eigenvalue weighted by Crippen LogP contribution is -2.35. The number of halogens is 2. The van der Waals surface area contributed by atoms with Crippen LogP contribution in [-0.4, -0.2) is 34.9 Å². The number of benzene rings is 3. The first-order valence-corrected chi connectivity index (χ1v) is 14.7. The summed E-state index contributed by atoms with van der Waals surface area (Å²) in [6.45, 7) is 2.12. The molecule has 8 nitrogen and oxygen atoms in total. The lowest BCUT2D eigenvalue weighted by molar-refractivity contribution is -0.131. The van der Waals surface area contributed by atoms with Crippen molar-refractivity contribution in [2.75, 3.05) is 28.6 Å². The Kier molecular flexibility index (Phi) is 8.36. The highest BCUT2D eigenvalue weighted by atomic mass is 35.5. The highest BCUT2D eigenvalue weighted by Crippen LogP contribution is 2.47. The van der Waals surface area contributed by atoms with E-state index >= 15 is 0 Å². The minimum absolute atomic E-state index is 0. The normalized spacial score (nSPS) is 14.8. The average molecular weight is 624 g/mol. The number of aromatic nitrogens is 2. The lowest BCUT2D eigenvalue weighted by Gasteiger charge is -2.16. The maximum atomic E-state index is 13.2. The van der Waals surface area contributed by atoms with Crippen molar-refractivity contribution < 1.29 is 18.7 Å². The van der Waals surface area contributed by atoms with Crippen molar-refractivity contribution in [2.24, 2.45) is 5.41 Å². The fraction of sp³-hybridized carbons (Fsp3) is 0.200. The second-order valence-corrected chi connectivity index (χ2v) is 11.3. The number of nitrogens with one attached hydrogen (secondary N) is 2. The molecule has 0 bridgehead atoms. The number of anilines is 3. The molecule has 228 valence electrons. The number of ether oxygens (including phenoxy) is 1. The monoisotopic (exact) mass is 623 g/mol. The molecule has 2 aliphatic rings. The van der Waals surface area contributed by atoms with Gasteiger partial charge in [-0.2, -0.15) is 0 Å². The van der Waals surface area contributed by atoms with E-state index in [0.717, 1.165) is 40.9 Å². The molecule has 0 radical (unpaired) electrons. The highest BCUT2D eigenvalue weighted by Gasteiger charge is 2.56. The first-order chi connectivity index (χ1) is 21.5. The van der Waals surface area contributed by atoms with Crippen LogP contribution in [0.25, 0.3) is 22.0 Å². The van der Waals surface area contributed by atoms with E-state index in [2.05, 4.69) is 37.6 Å². The number of amides is 2. The summed E-state index contributed by atoms with van der Waals surface area (Å²) in [6.07, 6.45) is 6.96. The van der Waals surface area contributed by atoms with Crippen molar-refractivity contribution in [1.29, 1.82) is 0 Å². The van der Waals surface area contributed by atoms with Crippen LogP contribution >= 0.6 is 12.4 Å². The van der Waals surface area contributed by atoms with E-state index in [1.807, 2.05) is 30.5 Å². The molecule has 3 aromatic carbocycles. The number of nitrogens with zero attached hydrogens (tertiary/aromatic N) is 3. The molecular formula is C35H31ClFN5O3. The summed E-state index contributed by atoms with van der Waals surface area (Å²) in [4.78, 5) is 37.4. The summed E-state index contributed by atoms with van der Waals surface area (Å²) in [5.41, 5.74) is 2.73. The summed E-state index contributed by atoms with van der Waals surface area (Å²) in [5.74, 6) is 1.11. The molecule has 1 aliphatic carbocycles. The summed E-state index contributed by atoms with van der Waals surface area (Å²) in [5, 5.41) is 6.44. The van der Waals surface area contributed by atoms with Gasteiger partial charge in [0.1, 0.15) is 28.5 Å². The molecule has 2 fully saturated rings. The number of pyridine rings is 2. The Morgan fingerprint density at radius 3 is 2.04 bits per heavy atom. The third kappa shape index (κ3) is 6.30. The fourth-order valence-electron chi connectivity index (χ4n) is 5.53. The molecule has 7 rings (SSSR count). The molecule has 0 unspecified atom stereocenters. The third-order valence-corrected chi connectivity index (χ3v) is 8.28. The smallest absolute Gasteiger partial charge is 0.240 e. The van der Waals surface area contributed by atoms with Crippen molar-refractivity contribution in [3.8, 4) is 22.6 Å². The number of carbonyl (C=O) groups excluding carboxylic acids is 2.